The molecule has 12 N–H and O–H groups in total. The van der Waals surface area contributed by atoms with Crippen molar-refractivity contribution in [2.24, 2.45) is 10.7 Å². The van der Waals surface area contributed by atoms with Crippen molar-refractivity contribution in [2.45, 2.75) is 79.7 Å². The summed E-state index contributed by atoms with van der Waals surface area (Å²) in [4.78, 5) is 54.7. The maximum Gasteiger partial charge on any atom is 0.475 e. The number of nitrogens with one attached hydrogen (secondary N) is 2. The standard InChI is InChI=1S/C38H44N5O17P/c1-19-41-28(39)12-13-43(19)35-33(50)32(49)27(57-35)18-56-61(54,55)60-38(36(51)52)15-24(45)30(34(59-38)31(48)25(46)17-44)42-29(47)16-40-37(53)58-26-14-22-8-3-2-6-20(22)10-11-21-7-4-5-9-23(21)26/h2-9,12-13,24-27,30-35,44-46,48-50H,1,14-18H2,(H2,39,41)(H,40,53)(H,42,47)(H,51,52)(H,54,55)/t24?,25-,26?,27-,30?,31-,32+,33?,34?,35-,38?/m1/s1. The number of aliphatic hydroxyl groups excluding tert-OH is 6. The molecule has 2 aromatic carbocycles. The van der Waals surface area contributed by atoms with Crippen molar-refractivity contribution in [3.8, 4) is 11.8 Å². The van der Waals surface area contributed by atoms with Gasteiger partial charge in [-0.25, -0.2) is 23.7 Å². The molecule has 7 unspecified atom stereocenters. The monoisotopic (exact) mass is 873 g/mol. The van der Waals surface area contributed by atoms with Crippen molar-refractivity contribution in [1.29, 1.82) is 0 Å². The first-order valence-electron chi connectivity index (χ1n) is 18.6. The van der Waals surface area contributed by atoms with Crippen LogP contribution in [-0.2, 0) is 43.8 Å². The summed E-state index contributed by atoms with van der Waals surface area (Å²) in [5.41, 5.74) is 8.41. The molecule has 328 valence electrons. The molecule has 2 amide bonds. The number of aliphatic carboxylic acids is 1. The predicted octanol–water partition coefficient (Wildman–Crippen LogP) is -2.22. The summed E-state index contributed by atoms with van der Waals surface area (Å²) in [6, 6.07) is 12.5. The van der Waals surface area contributed by atoms with Crippen molar-refractivity contribution in [1.82, 2.24) is 15.5 Å². The van der Waals surface area contributed by atoms with Crippen LogP contribution < -0.4 is 16.4 Å². The maximum atomic E-state index is 13.2. The lowest BCUT2D eigenvalue weighted by Gasteiger charge is -2.46. The zero-order valence-corrected chi connectivity index (χ0v) is 32.9. The molecule has 3 aliphatic heterocycles. The zero-order valence-electron chi connectivity index (χ0n) is 32.0. The summed E-state index contributed by atoms with van der Waals surface area (Å²) in [6.07, 6.45) is -15.0. The molecule has 23 heteroatoms. The lowest BCUT2D eigenvalue weighted by atomic mass is 9.88. The number of amides is 2. The average molecular weight is 874 g/mol. The van der Waals surface area contributed by atoms with E-state index in [1.165, 1.54) is 17.2 Å². The van der Waals surface area contributed by atoms with E-state index < -0.39 is 119 Å². The van der Waals surface area contributed by atoms with Gasteiger partial charge in [0.15, 0.2) is 6.23 Å². The zero-order chi connectivity index (χ0) is 44.2. The first-order valence-corrected chi connectivity index (χ1v) is 20.1. The van der Waals surface area contributed by atoms with E-state index in [2.05, 4.69) is 34.0 Å². The molecule has 0 saturated carbocycles. The molecule has 2 fully saturated rings. The molecule has 0 aromatic heterocycles. The number of alkyl carbamates (subject to hydrolysis) is 1. The number of hydrogen-bond acceptors (Lipinski definition) is 18. The van der Waals surface area contributed by atoms with Crippen LogP contribution in [0.5, 0.6) is 0 Å². The van der Waals surface area contributed by atoms with Crippen LogP contribution in [0, 0.1) is 11.8 Å². The Morgan fingerprint density at radius 2 is 1.77 bits per heavy atom. The van der Waals surface area contributed by atoms with Crippen LogP contribution in [0.15, 0.2) is 78.2 Å². The van der Waals surface area contributed by atoms with Gasteiger partial charge < -0.3 is 76.1 Å². The van der Waals surface area contributed by atoms with Crippen molar-refractivity contribution in [2.75, 3.05) is 19.8 Å². The number of aliphatic hydroxyl groups is 6. The molecule has 6 rings (SSSR count). The Labute approximate surface area is 347 Å². The number of nitrogens with two attached hydrogens (primary N) is 1. The number of fused-ring (bicyclic) bond motifs is 2. The second-order valence-corrected chi connectivity index (χ2v) is 15.6. The third-order valence-electron chi connectivity index (χ3n) is 10.1. The quantitative estimate of drug-likeness (QED) is 0.0707. The number of carbonyl (C=O) groups excluding carboxylic acids is 2. The number of phosphoric acid groups is 1. The molecule has 1 aliphatic carbocycles. The van der Waals surface area contributed by atoms with Gasteiger partial charge in [0.05, 0.1) is 25.4 Å². The Balaban J connectivity index is 1.10. The summed E-state index contributed by atoms with van der Waals surface area (Å²) in [5, 5.41) is 77.9. The van der Waals surface area contributed by atoms with Gasteiger partial charge in [-0.05, 0) is 23.8 Å². The van der Waals surface area contributed by atoms with Gasteiger partial charge in [0.1, 0.15) is 60.9 Å². The molecule has 0 spiro atoms. The van der Waals surface area contributed by atoms with E-state index >= 15 is 0 Å². The number of carboxylic acids is 1. The van der Waals surface area contributed by atoms with Crippen molar-refractivity contribution < 1.29 is 82.8 Å². The molecular weight excluding hydrogens is 829 g/mol. The lowest BCUT2D eigenvalue weighted by molar-refractivity contribution is -0.289. The van der Waals surface area contributed by atoms with Crippen LogP contribution in [0.2, 0.25) is 0 Å². The third-order valence-corrected chi connectivity index (χ3v) is 11.1. The third kappa shape index (κ3) is 10.3. The molecule has 3 heterocycles. The number of hydrogen-bond donors (Lipinski definition) is 11. The number of carbonyl (C=O) groups is 3. The Bertz CT molecular complexity index is 2180. The van der Waals surface area contributed by atoms with Gasteiger partial charge >= 0.3 is 19.9 Å². The second kappa shape index (κ2) is 18.8. The number of rotatable bonds is 14. The summed E-state index contributed by atoms with van der Waals surface area (Å²) < 4.78 is 39.9. The van der Waals surface area contributed by atoms with Gasteiger partial charge in [0.2, 0.25) is 5.91 Å². The normalized spacial score (nSPS) is 30.1. The minimum atomic E-state index is -5.62. The molecular formula is C38H44N5O17P. The van der Waals surface area contributed by atoms with E-state index in [1.54, 1.807) is 24.3 Å². The Kier molecular flexibility index (Phi) is 13.9. The van der Waals surface area contributed by atoms with Gasteiger partial charge in [-0.1, -0.05) is 54.8 Å². The fourth-order valence-corrected chi connectivity index (χ4v) is 7.96. The fourth-order valence-electron chi connectivity index (χ4n) is 7.00. The van der Waals surface area contributed by atoms with E-state index in [1.807, 2.05) is 24.3 Å². The number of phosphoric ester groups is 1. The number of amidine groups is 1. The van der Waals surface area contributed by atoms with Crippen LogP contribution in [0.4, 0.5) is 4.79 Å². The largest absolute Gasteiger partial charge is 0.477 e. The van der Waals surface area contributed by atoms with E-state index in [9.17, 15) is 59.6 Å². The Morgan fingerprint density at radius 1 is 1.08 bits per heavy atom. The fraction of sp³-hybridized carbons (Fsp3) is 0.421. The molecule has 12 atom stereocenters. The molecule has 2 aromatic rings. The lowest BCUT2D eigenvalue weighted by Crippen LogP contribution is -2.68. The summed E-state index contributed by atoms with van der Waals surface area (Å²) in [6.45, 7) is 0.752. The van der Waals surface area contributed by atoms with E-state index in [-0.39, 0.29) is 18.1 Å². The van der Waals surface area contributed by atoms with Crippen LogP contribution in [0.3, 0.4) is 0 Å². The summed E-state index contributed by atoms with van der Waals surface area (Å²) in [7, 11) is -5.62. The highest BCUT2D eigenvalue weighted by Crippen LogP contribution is 2.51. The van der Waals surface area contributed by atoms with Gasteiger partial charge in [-0.3, -0.25) is 9.32 Å². The van der Waals surface area contributed by atoms with Gasteiger partial charge in [0.25, 0.3) is 5.79 Å². The van der Waals surface area contributed by atoms with Gasteiger partial charge in [0, 0.05) is 35.7 Å². The highest BCUT2D eigenvalue weighted by Gasteiger charge is 2.59. The van der Waals surface area contributed by atoms with Crippen molar-refractivity contribution in [3.05, 3.63) is 95.5 Å². The van der Waals surface area contributed by atoms with Gasteiger partial charge in [-0.15, -0.1) is 0 Å². The van der Waals surface area contributed by atoms with Crippen molar-refractivity contribution in [3.63, 3.8) is 0 Å². The van der Waals surface area contributed by atoms with Crippen molar-refractivity contribution >= 4 is 31.6 Å². The topological polar surface area (TPSA) is 342 Å². The highest BCUT2D eigenvalue weighted by atomic mass is 31.2. The minimum Gasteiger partial charge on any atom is -0.477 e. The number of nitrogens with zero attached hydrogens (tertiary/aromatic N) is 2. The number of carboxylic acid groups (broad SMARTS) is 1. The predicted molar refractivity (Wildman–Crippen MR) is 206 cm³/mol. The van der Waals surface area contributed by atoms with E-state index in [4.69, 9.17) is 29.0 Å². The number of ether oxygens (including phenoxy) is 3. The van der Waals surface area contributed by atoms with Crippen LogP contribution >= 0.6 is 7.82 Å². The molecule has 2 saturated heterocycles. The summed E-state index contributed by atoms with van der Waals surface area (Å²) in [5.74, 6) is -0.192. The van der Waals surface area contributed by atoms with Crippen LogP contribution in [-0.4, -0.2) is 150 Å². The average Bonchev–Trinajstić information content (AvgIpc) is 3.49. The number of aliphatic imine (C=N–C) groups is 1. The maximum absolute atomic E-state index is 13.2. The van der Waals surface area contributed by atoms with Gasteiger partial charge in [-0.2, -0.15) is 0 Å². The SMILES string of the molecule is C=C1N=C(N)C=CN1[C@@H]1O[C@H](COP(=O)(O)OC2(C(=O)O)CC(O)C(NC(=O)CNC(=O)OC3Cc4ccccc4C#Cc4ccccc43)C([C@H](O)[C@H](O)CO)O2)[C@H](O)C1O. The van der Waals surface area contributed by atoms with E-state index in [0.717, 1.165) is 11.1 Å². The number of benzene rings is 2. The highest BCUT2D eigenvalue weighted by molar-refractivity contribution is 7.47. The molecule has 0 radical (unpaired) electrons. The Hall–Kier alpha value is -5.25. The second-order valence-electron chi connectivity index (χ2n) is 14.3. The Morgan fingerprint density at radius 3 is 2.48 bits per heavy atom. The molecule has 61 heavy (non-hydrogen) atoms. The van der Waals surface area contributed by atoms with Crippen LogP contribution in [0.25, 0.3) is 0 Å². The smallest absolute Gasteiger partial charge is 0.475 e. The van der Waals surface area contributed by atoms with E-state index in [0.29, 0.717) is 11.1 Å². The molecule has 4 aliphatic rings. The molecule has 22 nitrogen and oxygen atoms in total. The first kappa shape index (κ1) is 45.3. The summed E-state index contributed by atoms with van der Waals surface area (Å²) >= 11 is 0. The first-order chi connectivity index (χ1) is 28.9. The molecule has 0 bridgehead atoms. The minimum absolute atomic E-state index is 0.0244. The van der Waals surface area contributed by atoms with Crippen LogP contribution in [0.1, 0.15) is 34.8 Å².